The number of hydrogen-bond acceptors (Lipinski definition) is 3. The molecule has 1 amide bonds. The number of rotatable bonds is 8. The highest BCUT2D eigenvalue weighted by molar-refractivity contribution is 5.86. The zero-order valence-corrected chi connectivity index (χ0v) is 12.5. The molecule has 0 aromatic heterocycles. The molecule has 1 saturated carbocycles. The zero-order chi connectivity index (χ0) is 16.2. The van der Waals surface area contributed by atoms with Gasteiger partial charge in [-0.1, -0.05) is 12.1 Å². The van der Waals surface area contributed by atoms with Gasteiger partial charge < -0.3 is 15.2 Å². The van der Waals surface area contributed by atoms with Gasteiger partial charge in [0.1, 0.15) is 5.82 Å². The second-order valence-corrected chi connectivity index (χ2v) is 5.68. The fourth-order valence-electron chi connectivity index (χ4n) is 2.46. The highest BCUT2D eigenvalue weighted by Gasteiger charge is 2.49. The highest BCUT2D eigenvalue weighted by atomic mass is 19.1. The minimum Gasteiger partial charge on any atom is -0.481 e. The van der Waals surface area contributed by atoms with E-state index in [0.717, 1.165) is 12.8 Å². The van der Waals surface area contributed by atoms with Crippen LogP contribution < -0.4 is 5.32 Å². The van der Waals surface area contributed by atoms with Gasteiger partial charge in [-0.05, 0) is 37.0 Å². The normalized spacial score (nSPS) is 16.8. The van der Waals surface area contributed by atoms with E-state index < -0.39 is 23.1 Å². The SMILES string of the molecule is COCCC1(C(=O)NCC(C(=O)O)c2ccc(F)cc2)CC1. The summed E-state index contributed by atoms with van der Waals surface area (Å²) >= 11 is 0. The third-order valence-electron chi connectivity index (χ3n) is 4.16. The largest absolute Gasteiger partial charge is 0.481 e. The minimum atomic E-state index is -1.05. The van der Waals surface area contributed by atoms with E-state index in [1.54, 1.807) is 7.11 Å². The van der Waals surface area contributed by atoms with Gasteiger partial charge >= 0.3 is 5.97 Å². The van der Waals surface area contributed by atoms with Gasteiger partial charge in [-0.3, -0.25) is 9.59 Å². The number of carbonyl (C=O) groups is 2. The first-order chi connectivity index (χ1) is 10.5. The summed E-state index contributed by atoms with van der Waals surface area (Å²) in [5.41, 5.74) is 0.0675. The van der Waals surface area contributed by atoms with Crippen LogP contribution in [0.5, 0.6) is 0 Å². The van der Waals surface area contributed by atoms with Gasteiger partial charge in [0.15, 0.2) is 0 Å². The van der Waals surface area contributed by atoms with Crippen molar-refractivity contribution in [2.45, 2.75) is 25.2 Å². The molecule has 6 heteroatoms. The Labute approximate surface area is 128 Å². The number of carboxylic acids is 1. The molecule has 0 saturated heterocycles. The fraction of sp³-hybridized carbons (Fsp3) is 0.500. The van der Waals surface area contributed by atoms with Crippen molar-refractivity contribution in [2.75, 3.05) is 20.3 Å². The van der Waals surface area contributed by atoms with Crippen LogP contribution in [0.1, 0.15) is 30.7 Å². The maximum atomic E-state index is 12.9. The Hall–Kier alpha value is -1.95. The first-order valence-electron chi connectivity index (χ1n) is 7.24. The summed E-state index contributed by atoms with van der Waals surface area (Å²) in [6.45, 7) is 0.502. The van der Waals surface area contributed by atoms with E-state index in [4.69, 9.17) is 4.74 Å². The molecule has 1 aromatic rings. The Morgan fingerprint density at radius 1 is 1.36 bits per heavy atom. The van der Waals surface area contributed by atoms with Crippen molar-refractivity contribution in [3.8, 4) is 0 Å². The van der Waals surface area contributed by atoms with Crippen molar-refractivity contribution in [3.05, 3.63) is 35.6 Å². The number of carbonyl (C=O) groups excluding carboxylic acids is 1. The van der Waals surface area contributed by atoms with Crippen LogP contribution in [-0.2, 0) is 14.3 Å². The van der Waals surface area contributed by atoms with Crippen LogP contribution in [0, 0.1) is 11.2 Å². The second kappa shape index (κ2) is 6.87. The maximum absolute atomic E-state index is 12.9. The molecule has 0 heterocycles. The third-order valence-corrected chi connectivity index (χ3v) is 4.16. The quantitative estimate of drug-likeness (QED) is 0.769. The first kappa shape index (κ1) is 16.4. The molecule has 1 aliphatic rings. The zero-order valence-electron chi connectivity index (χ0n) is 12.5. The lowest BCUT2D eigenvalue weighted by atomic mass is 9.97. The molecule has 0 radical (unpaired) electrons. The van der Waals surface area contributed by atoms with Crippen LogP contribution in [0.25, 0.3) is 0 Å². The third kappa shape index (κ3) is 3.82. The molecule has 1 fully saturated rings. The molecule has 120 valence electrons. The maximum Gasteiger partial charge on any atom is 0.312 e. The molecule has 1 aliphatic carbocycles. The van der Waals surface area contributed by atoms with Gasteiger partial charge in [0, 0.05) is 20.3 Å². The van der Waals surface area contributed by atoms with E-state index in [1.165, 1.54) is 24.3 Å². The summed E-state index contributed by atoms with van der Waals surface area (Å²) in [5.74, 6) is -2.48. The fourth-order valence-corrected chi connectivity index (χ4v) is 2.46. The van der Waals surface area contributed by atoms with E-state index in [9.17, 15) is 19.1 Å². The number of hydrogen-bond donors (Lipinski definition) is 2. The van der Waals surface area contributed by atoms with Gasteiger partial charge in [0.05, 0.1) is 11.3 Å². The average Bonchev–Trinajstić information content (AvgIpc) is 3.28. The Morgan fingerprint density at radius 2 is 2.00 bits per heavy atom. The number of aliphatic carboxylic acids is 1. The molecular formula is C16H20FNO4. The summed E-state index contributed by atoms with van der Waals surface area (Å²) in [7, 11) is 1.59. The van der Waals surface area contributed by atoms with Gasteiger partial charge in [-0.2, -0.15) is 0 Å². The smallest absolute Gasteiger partial charge is 0.312 e. The molecule has 0 aliphatic heterocycles. The van der Waals surface area contributed by atoms with Crippen molar-refractivity contribution in [1.29, 1.82) is 0 Å². The molecule has 5 nitrogen and oxygen atoms in total. The molecular weight excluding hydrogens is 289 g/mol. The predicted molar refractivity (Wildman–Crippen MR) is 77.9 cm³/mol. The van der Waals surface area contributed by atoms with Crippen molar-refractivity contribution < 1.29 is 23.8 Å². The Morgan fingerprint density at radius 3 is 2.50 bits per heavy atom. The number of ether oxygens (including phenoxy) is 1. The highest BCUT2D eigenvalue weighted by Crippen LogP contribution is 2.49. The lowest BCUT2D eigenvalue weighted by molar-refractivity contribution is -0.138. The van der Waals surface area contributed by atoms with E-state index in [1.807, 2.05) is 0 Å². The van der Waals surface area contributed by atoms with Gasteiger partial charge in [0.2, 0.25) is 5.91 Å². The van der Waals surface area contributed by atoms with E-state index >= 15 is 0 Å². The van der Waals surface area contributed by atoms with Gasteiger partial charge in [-0.15, -0.1) is 0 Å². The van der Waals surface area contributed by atoms with Crippen LogP contribution in [0.15, 0.2) is 24.3 Å². The molecule has 0 spiro atoms. The van der Waals surface area contributed by atoms with Crippen molar-refractivity contribution in [3.63, 3.8) is 0 Å². The molecule has 22 heavy (non-hydrogen) atoms. The van der Waals surface area contributed by atoms with E-state index in [0.29, 0.717) is 18.6 Å². The molecule has 2 rings (SSSR count). The number of amides is 1. The predicted octanol–water partition coefficient (Wildman–Crippen LogP) is 1.93. The summed E-state index contributed by atoms with van der Waals surface area (Å²) in [6, 6.07) is 5.29. The lowest BCUT2D eigenvalue weighted by Gasteiger charge is -2.18. The van der Waals surface area contributed by atoms with E-state index in [2.05, 4.69) is 5.32 Å². The molecule has 0 bridgehead atoms. The monoisotopic (exact) mass is 309 g/mol. The number of methoxy groups -OCH3 is 1. The molecule has 1 atom stereocenters. The van der Waals surface area contributed by atoms with Crippen LogP contribution >= 0.6 is 0 Å². The van der Waals surface area contributed by atoms with Crippen LogP contribution in [0.3, 0.4) is 0 Å². The first-order valence-corrected chi connectivity index (χ1v) is 7.24. The number of halogens is 1. The Kier molecular flexibility index (Phi) is 5.13. The van der Waals surface area contributed by atoms with Crippen LogP contribution in [0.2, 0.25) is 0 Å². The topological polar surface area (TPSA) is 75.6 Å². The summed E-state index contributed by atoms with van der Waals surface area (Å²) in [5, 5.41) is 12.0. The van der Waals surface area contributed by atoms with Crippen molar-refractivity contribution in [1.82, 2.24) is 5.32 Å². The summed E-state index contributed by atoms with van der Waals surface area (Å²) in [4.78, 5) is 23.6. The van der Waals surface area contributed by atoms with Crippen LogP contribution in [0.4, 0.5) is 4.39 Å². The number of nitrogens with one attached hydrogen (secondary N) is 1. The summed E-state index contributed by atoms with van der Waals surface area (Å²) < 4.78 is 17.9. The van der Waals surface area contributed by atoms with Gasteiger partial charge in [0.25, 0.3) is 0 Å². The standard InChI is InChI=1S/C16H20FNO4/c1-22-9-8-16(6-7-16)15(21)18-10-13(14(19)20)11-2-4-12(17)5-3-11/h2-5,13H,6-10H2,1H3,(H,18,21)(H,19,20). The average molecular weight is 309 g/mol. The molecule has 1 unspecified atom stereocenters. The number of carboxylic acid groups (broad SMARTS) is 1. The van der Waals surface area contributed by atoms with E-state index in [-0.39, 0.29) is 12.5 Å². The number of benzene rings is 1. The lowest BCUT2D eigenvalue weighted by Crippen LogP contribution is -2.37. The Bertz CT molecular complexity index is 540. The van der Waals surface area contributed by atoms with Crippen LogP contribution in [-0.4, -0.2) is 37.2 Å². The van der Waals surface area contributed by atoms with Gasteiger partial charge in [-0.25, -0.2) is 4.39 Å². The van der Waals surface area contributed by atoms with Crippen molar-refractivity contribution in [2.24, 2.45) is 5.41 Å². The molecule has 1 aromatic carbocycles. The Balaban J connectivity index is 1.96. The van der Waals surface area contributed by atoms with Crippen molar-refractivity contribution >= 4 is 11.9 Å². The molecule has 2 N–H and O–H groups in total. The second-order valence-electron chi connectivity index (χ2n) is 5.68. The minimum absolute atomic E-state index is 0.00543. The summed E-state index contributed by atoms with van der Waals surface area (Å²) in [6.07, 6.45) is 2.25.